The van der Waals surface area contributed by atoms with Gasteiger partial charge in [0.1, 0.15) is 0 Å². The summed E-state index contributed by atoms with van der Waals surface area (Å²) in [6, 6.07) is 20.0. The summed E-state index contributed by atoms with van der Waals surface area (Å²) in [4.78, 5) is 37.8. The molecule has 0 heterocycles. The molecule has 3 nitrogen and oxygen atoms in total. The fourth-order valence-electron chi connectivity index (χ4n) is 10.8. The zero-order valence-electron chi connectivity index (χ0n) is 44.8. The van der Waals surface area contributed by atoms with Crippen molar-refractivity contribution in [2.75, 3.05) is 6.16 Å². The molecule has 3 aromatic carbocycles. The second kappa shape index (κ2) is 36.0. The van der Waals surface area contributed by atoms with E-state index in [2.05, 4.69) is 77.1 Å². The molecule has 0 aliphatic rings. The van der Waals surface area contributed by atoms with Crippen LogP contribution in [0, 0.1) is 0 Å². The minimum absolute atomic E-state index is 0.0177. The molecule has 382 valence electrons. The molecule has 3 N–H and O–H groups in total. The van der Waals surface area contributed by atoms with Crippen LogP contribution in [0.25, 0.3) is 22.3 Å². The van der Waals surface area contributed by atoms with Crippen LogP contribution >= 0.6 is 7.28 Å². The third-order valence-electron chi connectivity index (χ3n) is 15.0. The fourth-order valence-corrected chi connectivity index (χ4v) is 12.9. The molecule has 0 aromatic heterocycles. The third-order valence-corrected chi connectivity index (χ3v) is 17.5. The Morgan fingerprint density at radius 1 is 0.299 bits per heavy atom. The molecule has 0 saturated heterocycles. The van der Waals surface area contributed by atoms with Gasteiger partial charge in [-0.25, -0.2) is 0 Å². The van der Waals surface area contributed by atoms with Gasteiger partial charge in [0.2, 0.25) is 0 Å². The van der Waals surface area contributed by atoms with Crippen LogP contribution in [0.4, 0.5) is 0 Å². The number of aryl methyl sites for hydroxylation is 2. The summed E-state index contributed by atoms with van der Waals surface area (Å²) >= 11 is 0. The number of unbranched alkanes of at least 4 members (excludes halogenated alkanes) is 30. The molecule has 3 aromatic rings. The summed E-state index contributed by atoms with van der Waals surface area (Å²) in [5, 5.41) is 0.378. The van der Waals surface area contributed by atoms with Gasteiger partial charge in [0.15, 0.2) is 0 Å². The van der Waals surface area contributed by atoms with Crippen LogP contribution in [0.5, 0.6) is 0 Å². The van der Waals surface area contributed by atoms with Crippen LogP contribution in [0.1, 0.15) is 282 Å². The number of rotatable bonds is 43. The minimum atomic E-state index is -5.32. The van der Waals surface area contributed by atoms with Gasteiger partial charge in [-0.3, -0.25) is 0 Å². The monoisotopic (exact) mass is 943 g/mol. The summed E-state index contributed by atoms with van der Waals surface area (Å²) in [6.07, 6.45) is 47.4. The van der Waals surface area contributed by atoms with Crippen LogP contribution in [-0.2, 0) is 25.7 Å². The molecule has 67 heavy (non-hydrogen) atoms. The van der Waals surface area contributed by atoms with E-state index in [1.807, 2.05) is 12.1 Å². The minimum Gasteiger partial charge on any atom is -0.0654 e. The fraction of sp³-hybridized carbons (Fsp3) is 0.714. The van der Waals surface area contributed by atoms with Crippen LogP contribution in [-0.4, -0.2) is 20.8 Å². The Morgan fingerprint density at radius 3 is 1.00 bits per heavy atom. The maximum atomic E-state index is 12.6. The summed E-state index contributed by atoms with van der Waals surface area (Å²) in [7, 11) is -5.32. The smallest absolute Gasteiger partial charge is 0.0654 e. The van der Waals surface area contributed by atoms with Crippen LogP contribution in [0.3, 0.4) is 0 Å². The Balaban J connectivity index is 2.21. The zero-order chi connectivity index (χ0) is 48.3. The van der Waals surface area contributed by atoms with E-state index >= 15 is 0 Å². The standard InChI is InChI=1S/C63H107O3P/c1-6-11-16-21-26-31-36-44-55-46-41-50-59(57(55)48-38-33-28-23-18-13-8-3)61-52-43-53-62(67(64,65,66)54-40-35-30-25-20-15-10-5)63(61)60-51-42-47-56(45-37-32-27-22-17-12-7-2)58(60)49-39-34-29-24-19-14-9-4/h41-43,46-47,50-53,64-66H,6-40,44-45,48-49,54H2,1-5H3. The molecule has 0 atom stereocenters. The summed E-state index contributed by atoms with van der Waals surface area (Å²) in [5.41, 5.74) is 9.96. The molecule has 0 unspecified atom stereocenters. The van der Waals surface area contributed by atoms with E-state index in [1.165, 1.54) is 214 Å². The Bertz CT molecular complexity index is 1690. The van der Waals surface area contributed by atoms with E-state index in [1.54, 1.807) is 0 Å². The van der Waals surface area contributed by atoms with Gasteiger partial charge in [-0.15, -0.1) is 0 Å². The van der Waals surface area contributed by atoms with Crippen molar-refractivity contribution in [3.05, 3.63) is 76.9 Å². The Labute approximate surface area is 415 Å². The van der Waals surface area contributed by atoms with Gasteiger partial charge < -0.3 is 0 Å². The summed E-state index contributed by atoms with van der Waals surface area (Å²) < 4.78 is 0. The van der Waals surface area contributed by atoms with Gasteiger partial charge in [0, 0.05) is 0 Å². The van der Waals surface area contributed by atoms with Gasteiger partial charge in [-0.05, 0) is 0 Å². The molecule has 4 heteroatoms. The molecule has 0 saturated carbocycles. The van der Waals surface area contributed by atoms with E-state index in [-0.39, 0.29) is 6.16 Å². The molecule has 0 aliphatic heterocycles. The van der Waals surface area contributed by atoms with Crippen molar-refractivity contribution < 1.29 is 14.7 Å². The average molecular weight is 944 g/mol. The SMILES string of the molecule is CCCCCCCCCc1cccc(-c2cccc(P(O)(O)(O)CCCCCCCCC)c2-c2cccc(CCCCCCCCC)c2CCCCCCCCC)c1CCCCCCCCC. The Kier molecular flexibility index (Phi) is 31.8. The topological polar surface area (TPSA) is 60.7 Å². The van der Waals surface area contributed by atoms with Gasteiger partial charge in [-0.1, -0.05) is 53.4 Å². The average Bonchev–Trinajstić information content (AvgIpc) is 3.32. The van der Waals surface area contributed by atoms with Gasteiger partial charge >= 0.3 is 364 Å². The number of hydrogen-bond acceptors (Lipinski definition) is 3. The first-order valence-corrected chi connectivity index (χ1v) is 31.6. The molecular formula is C63H107O3P. The van der Waals surface area contributed by atoms with E-state index in [4.69, 9.17) is 0 Å². The first-order chi connectivity index (χ1) is 32.7. The normalized spacial score (nSPS) is 12.5. The molecule has 3 rings (SSSR count). The maximum absolute atomic E-state index is 12.6. The predicted molar refractivity (Wildman–Crippen MR) is 300 cm³/mol. The first-order valence-electron chi connectivity index (χ1n) is 29.3. The second-order valence-electron chi connectivity index (χ2n) is 21.1. The van der Waals surface area contributed by atoms with Crippen molar-refractivity contribution >= 4 is 12.6 Å². The Hall–Kier alpha value is -2.03. The zero-order valence-corrected chi connectivity index (χ0v) is 45.7. The quantitative estimate of drug-likeness (QED) is 0.0391. The first kappa shape index (κ1) is 59.3. The summed E-state index contributed by atoms with van der Waals surface area (Å²) in [6.45, 7) is 11.4. The van der Waals surface area contributed by atoms with Gasteiger partial charge in [-0.2, -0.15) is 0 Å². The Morgan fingerprint density at radius 2 is 0.597 bits per heavy atom. The number of benzene rings is 3. The van der Waals surface area contributed by atoms with E-state index in [0.717, 1.165) is 74.5 Å². The van der Waals surface area contributed by atoms with Crippen molar-refractivity contribution in [2.24, 2.45) is 0 Å². The van der Waals surface area contributed by atoms with Crippen molar-refractivity contribution in [3.63, 3.8) is 0 Å². The van der Waals surface area contributed by atoms with Crippen LogP contribution < -0.4 is 5.30 Å². The summed E-state index contributed by atoms with van der Waals surface area (Å²) in [5.74, 6) is 0. The molecule has 0 spiro atoms. The van der Waals surface area contributed by atoms with E-state index in [0.29, 0.717) is 11.7 Å². The van der Waals surface area contributed by atoms with E-state index in [9.17, 15) is 14.7 Å². The van der Waals surface area contributed by atoms with Crippen molar-refractivity contribution in [1.82, 2.24) is 0 Å². The van der Waals surface area contributed by atoms with Crippen molar-refractivity contribution in [2.45, 2.75) is 285 Å². The molecule has 0 amide bonds. The molecule has 0 aliphatic carbocycles. The van der Waals surface area contributed by atoms with Crippen LogP contribution in [0.15, 0.2) is 54.6 Å². The molecule has 0 bridgehead atoms. The van der Waals surface area contributed by atoms with Gasteiger partial charge in [0.25, 0.3) is 0 Å². The molecule has 0 fully saturated rings. The molecular weight excluding hydrogens is 836 g/mol. The van der Waals surface area contributed by atoms with E-state index < -0.39 is 7.28 Å². The van der Waals surface area contributed by atoms with Gasteiger partial charge in [0.05, 0.1) is 0 Å². The number of hydrogen-bond donors (Lipinski definition) is 3. The predicted octanol–water partition coefficient (Wildman–Crippen LogP) is 19.8. The van der Waals surface area contributed by atoms with Crippen molar-refractivity contribution in [1.29, 1.82) is 0 Å². The molecule has 0 radical (unpaired) electrons. The third kappa shape index (κ3) is 23.2. The van der Waals surface area contributed by atoms with Crippen LogP contribution in [0.2, 0.25) is 0 Å². The van der Waals surface area contributed by atoms with Crippen molar-refractivity contribution in [3.8, 4) is 22.3 Å². The second-order valence-corrected chi connectivity index (χ2v) is 24.3.